The summed E-state index contributed by atoms with van der Waals surface area (Å²) in [5, 5.41) is 6.05. The Balaban J connectivity index is 1.71. The molecule has 2 atom stereocenters. The fourth-order valence-corrected chi connectivity index (χ4v) is 4.39. The van der Waals surface area contributed by atoms with Gasteiger partial charge in [-0.25, -0.2) is 0 Å². The van der Waals surface area contributed by atoms with Crippen LogP contribution in [0.1, 0.15) is 25.0 Å². The largest absolute Gasteiger partial charge is 0.268 e. The summed E-state index contributed by atoms with van der Waals surface area (Å²) < 4.78 is 2.00. The molecule has 0 N–H and O–H groups in total. The van der Waals surface area contributed by atoms with Crippen LogP contribution in [0.4, 0.5) is 0 Å². The molecule has 2 aliphatic carbocycles. The molecule has 1 heterocycles. The summed E-state index contributed by atoms with van der Waals surface area (Å²) in [5.74, 6) is 2.72. The van der Waals surface area contributed by atoms with E-state index in [1.165, 1.54) is 35.9 Å². The predicted octanol–water partition coefficient (Wildman–Crippen LogP) is 3.77. The fourth-order valence-electron chi connectivity index (χ4n) is 4.08. The zero-order valence-corrected chi connectivity index (χ0v) is 12.0. The van der Waals surface area contributed by atoms with Gasteiger partial charge in [-0.3, -0.25) is 4.68 Å². The molecule has 100 valence electrons. The third-order valence-electron chi connectivity index (χ3n) is 5.12. The van der Waals surface area contributed by atoms with Crippen molar-refractivity contribution in [3.63, 3.8) is 0 Å². The normalized spacial score (nSPS) is 32.7. The third kappa shape index (κ3) is 1.80. The molecule has 4 rings (SSSR count). The van der Waals surface area contributed by atoms with E-state index in [9.17, 15) is 0 Å². The Bertz CT molecular complexity index is 621. The fraction of sp³-hybridized carbons (Fsp3) is 0.562. The molecular weight excluding hydrogens is 256 g/mol. The van der Waals surface area contributed by atoms with E-state index in [-0.39, 0.29) is 0 Å². The van der Waals surface area contributed by atoms with Gasteiger partial charge in [0.2, 0.25) is 0 Å². The number of aromatic nitrogens is 2. The number of fused-ring (bicyclic) bond motifs is 2. The van der Waals surface area contributed by atoms with Crippen molar-refractivity contribution in [2.45, 2.75) is 25.7 Å². The van der Waals surface area contributed by atoms with Gasteiger partial charge < -0.3 is 0 Å². The van der Waals surface area contributed by atoms with Gasteiger partial charge >= 0.3 is 0 Å². The highest BCUT2D eigenvalue weighted by Crippen LogP contribution is 2.61. The number of para-hydroxylation sites is 1. The SMILES string of the molecule is Cn1nc(CC2(CCl)CC3CC3C2)c2ccccc21. The summed E-state index contributed by atoms with van der Waals surface area (Å²) in [6.07, 6.45) is 5.12. The first-order chi connectivity index (χ1) is 9.21. The number of rotatable bonds is 3. The number of aryl methyl sites for hydroxylation is 1. The number of benzene rings is 1. The first kappa shape index (κ1) is 11.8. The second kappa shape index (κ2) is 3.99. The van der Waals surface area contributed by atoms with Gasteiger partial charge in [-0.1, -0.05) is 18.2 Å². The maximum Gasteiger partial charge on any atom is 0.0709 e. The van der Waals surface area contributed by atoms with Gasteiger partial charge in [-0.2, -0.15) is 5.10 Å². The summed E-state index contributed by atoms with van der Waals surface area (Å²) in [5.41, 5.74) is 2.78. The van der Waals surface area contributed by atoms with Crippen molar-refractivity contribution in [2.75, 3.05) is 5.88 Å². The molecule has 19 heavy (non-hydrogen) atoms. The molecule has 2 unspecified atom stereocenters. The first-order valence-corrected chi connectivity index (χ1v) is 7.71. The van der Waals surface area contributed by atoms with E-state index in [4.69, 9.17) is 16.7 Å². The molecule has 0 spiro atoms. The van der Waals surface area contributed by atoms with E-state index >= 15 is 0 Å². The van der Waals surface area contributed by atoms with Crippen LogP contribution in [0.25, 0.3) is 10.9 Å². The third-order valence-corrected chi connectivity index (χ3v) is 5.69. The van der Waals surface area contributed by atoms with Crippen LogP contribution in [-0.4, -0.2) is 15.7 Å². The Kier molecular flexibility index (Phi) is 2.47. The summed E-state index contributed by atoms with van der Waals surface area (Å²) in [7, 11) is 2.03. The lowest BCUT2D eigenvalue weighted by atomic mass is 9.80. The van der Waals surface area contributed by atoms with Crippen molar-refractivity contribution in [3.05, 3.63) is 30.0 Å². The molecule has 2 aromatic rings. The van der Waals surface area contributed by atoms with Crippen molar-refractivity contribution in [2.24, 2.45) is 24.3 Å². The molecule has 3 heteroatoms. The number of hydrogen-bond donors (Lipinski definition) is 0. The maximum absolute atomic E-state index is 6.32. The van der Waals surface area contributed by atoms with Gasteiger partial charge in [-0.05, 0) is 49.0 Å². The molecule has 2 saturated carbocycles. The first-order valence-electron chi connectivity index (χ1n) is 7.17. The molecule has 1 aromatic heterocycles. The minimum absolute atomic E-state index is 0.312. The number of alkyl halides is 1. The van der Waals surface area contributed by atoms with Crippen molar-refractivity contribution in [1.29, 1.82) is 0 Å². The quantitative estimate of drug-likeness (QED) is 0.779. The van der Waals surface area contributed by atoms with Crippen LogP contribution in [0.15, 0.2) is 24.3 Å². The van der Waals surface area contributed by atoms with E-state index in [0.717, 1.165) is 24.1 Å². The highest BCUT2D eigenvalue weighted by molar-refractivity contribution is 6.18. The van der Waals surface area contributed by atoms with Gasteiger partial charge in [-0.15, -0.1) is 11.6 Å². The zero-order valence-electron chi connectivity index (χ0n) is 11.3. The van der Waals surface area contributed by atoms with Crippen LogP contribution in [0, 0.1) is 17.3 Å². The Hall–Kier alpha value is -1.02. The van der Waals surface area contributed by atoms with Gasteiger partial charge in [0.15, 0.2) is 0 Å². The summed E-state index contributed by atoms with van der Waals surface area (Å²) in [6, 6.07) is 8.52. The van der Waals surface area contributed by atoms with Gasteiger partial charge in [0, 0.05) is 18.3 Å². The van der Waals surface area contributed by atoms with Crippen molar-refractivity contribution < 1.29 is 0 Å². The molecule has 0 bridgehead atoms. The Morgan fingerprint density at radius 1 is 1.32 bits per heavy atom. The standard InChI is InChI=1S/C16H19ClN2/c1-19-15-5-3-2-4-13(15)14(18-19)9-16(10-17)7-11-6-12(11)8-16/h2-5,11-12H,6-10H2,1H3. The average molecular weight is 275 g/mol. The summed E-state index contributed by atoms with van der Waals surface area (Å²) >= 11 is 6.32. The molecule has 2 nitrogen and oxygen atoms in total. The van der Waals surface area contributed by atoms with Crippen LogP contribution < -0.4 is 0 Å². The van der Waals surface area contributed by atoms with Crippen LogP contribution in [0.5, 0.6) is 0 Å². The molecule has 2 fully saturated rings. The Morgan fingerprint density at radius 2 is 2.05 bits per heavy atom. The van der Waals surface area contributed by atoms with E-state index in [0.29, 0.717) is 5.41 Å². The molecular formula is C16H19ClN2. The summed E-state index contributed by atoms with van der Waals surface area (Å²) in [4.78, 5) is 0. The molecule has 0 amide bonds. The molecule has 0 saturated heterocycles. The lowest BCUT2D eigenvalue weighted by Crippen LogP contribution is -2.24. The molecule has 0 aliphatic heterocycles. The zero-order chi connectivity index (χ0) is 13.0. The maximum atomic E-state index is 6.32. The molecule has 1 aromatic carbocycles. The van der Waals surface area contributed by atoms with E-state index in [1.807, 2.05) is 11.7 Å². The van der Waals surface area contributed by atoms with Crippen LogP contribution >= 0.6 is 11.6 Å². The topological polar surface area (TPSA) is 17.8 Å². The van der Waals surface area contributed by atoms with Crippen molar-refractivity contribution in [3.8, 4) is 0 Å². The monoisotopic (exact) mass is 274 g/mol. The van der Waals surface area contributed by atoms with Crippen molar-refractivity contribution in [1.82, 2.24) is 9.78 Å². The van der Waals surface area contributed by atoms with Crippen LogP contribution in [-0.2, 0) is 13.5 Å². The lowest BCUT2D eigenvalue weighted by molar-refractivity contribution is 0.300. The minimum atomic E-state index is 0.312. The molecule has 2 aliphatic rings. The van der Waals surface area contributed by atoms with E-state index in [1.54, 1.807) is 0 Å². The number of hydrogen-bond acceptors (Lipinski definition) is 1. The average Bonchev–Trinajstić information content (AvgIpc) is 2.92. The van der Waals surface area contributed by atoms with Gasteiger partial charge in [0.1, 0.15) is 0 Å². The minimum Gasteiger partial charge on any atom is -0.268 e. The predicted molar refractivity (Wildman–Crippen MR) is 78.4 cm³/mol. The highest BCUT2D eigenvalue weighted by Gasteiger charge is 2.53. The second-order valence-electron chi connectivity index (χ2n) is 6.56. The number of halogens is 1. The van der Waals surface area contributed by atoms with Crippen LogP contribution in [0.2, 0.25) is 0 Å². The van der Waals surface area contributed by atoms with Crippen LogP contribution in [0.3, 0.4) is 0 Å². The van der Waals surface area contributed by atoms with E-state index in [2.05, 4.69) is 24.3 Å². The Labute approximate surface area is 118 Å². The smallest absolute Gasteiger partial charge is 0.0709 e. The van der Waals surface area contributed by atoms with Gasteiger partial charge in [0.05, 0.1) is 11.2 Å². The van der Waals surface area contributed by atoms with Gasteiger partial charge in [0.25, 0.3) is 0 Å². The lowest BCUT2D eigenvalue weighted by Gasteiger charge is -2.27. The number of nitrogens with zero attached hydrogens (tertiary/aromatic N) is 2. The molecule has 0 radical (unpaired) electrons. The van der Waals surface area contributed by atoms with Crippen molar-refractivity contribution >= 4 is 22.5 Å². The summed E-state index contributed by atoms with van der Waals surface area (Å²) in [6.45, 7) is 0. The second-order valence-corrected chi connectivity index (χ2v) is 6.83. The highest BCUT2D eigenvalue weighted by atomic mass is 35.5. The Morgan fingerprint density at radius 3 is 2.79 bits per heavy atom. The van der Waals surface area contributed by atoms with E-state index < -0.39 is 0 Å².